The predicted molar refractivity (Wildman–Crippen MR) is 47.7 cm³/mol. The summed E-state index contributed by atoms with van der Waals surface area (Å²) in [5.74, 6) is -0.753. The van der Waals surface area contributed by atoms with Gasteiger partial charge in [-0.25, -0.2) is 4.98 Å². The fourth-order valence-corrected chi connectivity index (χ4v) is 2.01. The highest BCUT2D eigenvalue weighted by atomic mass is 31.2. The summed E-state index contributed by atoms with van der Waals surface area (Å²) in [5.41, 5.74) is 5.25. The summed E-state index contributed by atoms with van der Waals surface area (Å²) in [7, 11) is -2.49. The van der Waals surface area contributed by atoms with Crippen LogP contribution in [0.3, 0.4) is 0 Å². The van der Waals surface area contributed by atoms with E-state index in [4.69, 9.17) is 5.73 Å². The van der Waals surface area contributed by atoms with E-state index in [0.717, 1.165) is 0 Å². The molecule has 0 saturated carbocycles. The normalized spacial score (nSPS) is 11.6. The molecule has 1 rings (SSSR count). The number of rotatable bonds is 1. The smallest absolute Gasteiger partial charge is 0.236 e. The van der Waals surface area contributed by atoms with Crippen LogP contribution < -0.4 is 11.0 Å². The second-order valence-electron chi connectivity index (χ2n) is 2.89. The van der Waals surface area contributed by atoms with E-state index in [1.807, 2.05) is 0 Å². The van der Waals surface area contributed by atoms with Crippen LogP contribution in [0.2, 0.25) is 0 Å². The maximum atomic E-state index is 12.8. The molecule has 0 saturated heterocycles. The number of pyridine rings is 1. The Hall–Kier alpha value is -0.890. The van der Waals surface area contributed by atoms with E-state index in [9.17, 15) is 8.96 Å². The summed E-state index contributed by atoms with van der Waals surface area (Å²) >= 11 is 0. The molecular weight excluding hydrogens is 178 g/mol. The first-order valence-corrected chi connectivity index (χ1v) is 5.98. The van der Waals surface area contributed by atoms with Crippen molar-refractivity contribution >= 4 is 18.1 Å². The molecule has 0 aliphatic rings. The van der Waals surface area contributed by atoms with Gasteiger partial charge in [0.1, 0.15) is 7.14 Å². The van der Waals surface area contributed by atoms with Gasteiger partial charge in [0.25, 0.3) is 0 Å². The highest BCUT2D eigenvalue weighted by Gasteiger charge is 2.17. The molecule has 2 N–H and O–H groups in total. The van der Waals surface area contributed by atoms with Crippen LogP contribution in [0, 0.1) is 5.95 Å². The summed E-state index contributed by atoms with van der Waals surface area (Å²) in [6, 6.07) is 1.49. The van der Waals surface area contributed by atoms with Gasteiger partial charge in [-0.05, 0) is 19.4 Å². The summed E-state index contributed by atoms with van der Waals surface area (Å²) in [4.78, 5) is 3.34. The number of nitrogens with zero attached hydrogens (tertiary/aromatic N) is 1. The lowest BCUT2D eigenvalue weighted by molar-refractivity contribution is 0.583. The number of nitrogens with two attached hydrogens (primary N) is 1. The Balaban J connectivity index is 3.36. The maximum absolute atomic E-state index is 12.8. The molecular formula is C7H10FN2OP. The Morgan fingerprint density at radius 2 is 2.17 bits per heavy atom. The van der Waals surface area contributed by atoms with Crippen LogP contribution in [0.15, 0.2) is 12.3 Å². The van der Waals surface area contributed by atoms with Crippen LogP contribution >= 0.6 is 7.14 Å². The summed E-state index contributed by atoms with van der Waals surface area (Å²) < 4.78 is 24.3. The van der Waals surface area contributed by atoms with Crippen LogP contribution in [-0.4, -0.2) is 18.3 Å². The third kappa shape index (κ3) is 1.64. The first-order valence-electron chi connectivity index (χ1n) is 3.38. The lowest BCUT2D eigenvalue weighted by Crippen LogP contribution is -2.12. The highest BCUT2D eigenvalue weighted by molar-refractivity contribution is 7.70. The molecule has 0 fully saturated rings. The minimum atomic E-state index is -2.49. The number of aromatic nitrogens is 1. The molecule has 0 atom stereocenters. The largest absolute Gasteiger partial charge is 0.394 e. The Kier molecular flexibility index (Phi) is 2.20. The van der Waals surface area contributed by atoms with Crippen molar-refractivity contribution in [1.82, 2.24) is 4.98 Å². The minimum Gasteiger partial charge on any atom is -0.394 e. The summed E-state index contributed by atoms with van der Waals surface area (Å²) in [5, 5.41) is 0.356. The second-order valence-corrected chi connectivity index (χ2v) is 6.07. The number of hydrogen-bond acceptors (Lipinski definition) is 3. The molecule has 0 spiro atoms. The van der Waals surface area contributed by atoms with Gasteiger partial charge in [0.05, 0.1) is 5.69 Å². The first-order chi connectivity index (χ1) is 5.43. The van der Waals surface area contributed by atoms with Crippen LogP contribution in [0.5, 0.6) is 0 Å². The zero-order chi connectivity index (χ0) is 9.35. The van der Waals surface area contributed by atoms with Crippen molar-refractivity contribution in [3.63, 3.8) is 0 Å². The van der Waals surface area contributed by atoms with E-state index in [1.165, 1.54) is 25.6 Å². The van der Waals surface area contributed by atoms with Crippen molar-refractivity contribution in [2.24, 2.45) is 0 Å². The second kappa shape index (κ2) is 2.87. The molecule has 0 radical (unpaired) electrons. The van der Waals surface area contributed by atoms with E-state index < -0.39 is 13.1 Å². The van der Waals surface area contributed by atoms with E-state index in [1.54, 1.807) is 0 Å². The molecule has 12 heavy (non-hydrogen) atoms. The van der Waals surface area contributed by atoms with Crippen LogP contribution in [-0.2, 0) is 4.57 Å². The van der Waals surface area contributed by atoms with Gasteiger partial charge in [-0.3, -0.25) is 0 Å². The van der Waals surface area contributed by atoms with Gasteiger partial charge in [-0.15, -0.1) is 0 Å². The van der Waals surface area contributed by atoms with E-state index in [-0.39, 0.29) is 5.69 Å². The molecule has 3 nitrogen and oxygen atoms in total. The molecule has 1 heterocycles. The van der Waals surface area contributed by atoms with Crippen molar-refractivity contribution in [3.8, 4) is 0 Å². The molecule has 0 unspecified atom stereocenters. The maximum Gasteiger partial charge on any atom is 0.236 e. The van der Waals surface area contributed by atoms with Crippen LogP contribution in [0.4, 0.5) is 10.1 Å². The average Bonchev–Trinajstić information content (AvgIpc) is 1.92. The number of anilines is 1. The summed E-state index contributed by atoms with van der Waals surface area (Å²) in [6.07, 6.45) is 1.26. The number of hydrogen-bond donors (Lipinski definition) is 1. The molecule has 1 aromatic heterocycles. The average molecular weight is 188 g/mol. The predicted octanol–water partition coefficient (Wildman–Crippen LogP) is 1.05. The summed E-state index contributed by atoms with van der Waals surface area (Å²) in [6.45, 7) is 3.08. The van der Waals surface area contributed by atoms with Crippen molar-refractivity contribution in [2.75, 3.05) is 19.1 Å². The van der Waals surface area contributed by atoms with Crippen LogP contribution in [0.1, 0.15) is 0 Å². The van der Waals surface area contributed by atoms with Gasteiger partial charge >= 0.3 is 0 Å². The zero-order valence-corrected chi connectivity index (χ0v) is 7.81. The van der Waals surface area contributed by atoms with E-state index >= 15 is 0 Å². The Morgan fingerprint density at radius 3 is 2.58 bits per heavy atom. The minimum absolute atomic E-state index is 0.106. The third-order valence-electron chi connectivity index (χ3n) is 1.50. The molecule has 0 amide bonds. The number of nitrogen functional groups attached to an aromatic ring is 1. The highest BCUT2D eigenvalue weighted by Crippen LogP contribution is 2.36. The van der Waals surface area contributed by atoms with Gasteiger partial charge in [-0.1, -0.05) is 0 Å². The third-order valence-corrected chi connectivity index (χ3v) is 3.05. The zero-order valence-electron chi connectivity index (χ0n) is 6.91. The standard InChI is InChI=1S/C7H10FN2OP/c1-12(2,11)5-3-4-10-7(8)6(5)9/h3-4H,9H2,1-2H3. The van der Waals surface area contributed by atoms with Crippen molar-refractivity contribution < 1.29 is 8.96 Å². The van der Waals surface area contributed by atoms with E-state index in [2.05, 4.69) is 4.98 Å². The van der Waals surface area contributed by atoms with Crippen LogP contribution in [0.25, 0.3) is 0 Å². The van der Waals surface area contributed by atoms with Gasteiger partial charge < -0.3 is 10.3 Å². The van der Waals surface area contributed by atoms with Crippen molar-refractivity contribution in [2.45, 2.75) is 0 Å². The van der Waals surface area contributed by atoms with Crippen molar-refractivity contribution in [3.05, 3.63) is 18.2 Å². The molecule has 0 aliphatic carbocycles. The topological polar surface area (TPSA) is 56.0 Å². The van der Waals surface area contributed by atoms with Crippen molar-refractivity contribution in [1.29, 1.82) is 0 Å². The molecule has 0 aliphatic heterocycles. The molecule has 5 heteroatoms. The lowest BCUT2D eigenvalue weighted by Gasteiger charge is -2.09. The lowest BCUT2D eigenvalue weighted by atomic mass is 10.4. The van der Waals surface area contributed by atoms with Gasteiger partial charge in [0, 0.05) is 11.5 Å². The molecule has 0 bridgehead atoms. The molecule has 66 valence electrons. The Bertz CT molecular complexity index is 347. The number of halogens is 1. The first kappa shape index (κ1) is 9.20. The fraction of sp³-hybridized carbons (Fsp3) is 0.286. The van der Waals surface area contributed by atoms with Gasteiger partial charge in [-0.2, -0.15) is 4.39 Å². The monoisotopic (exact) mass is 188 g/mol. The quantitative estimate of drug-likeness (QED) is 0.529. The Labute approximate surface area is 70.2 Å². The molecule has 1 aromatic rings. The van der Waals surface area contributed by atoms with E-state index in [0.29, 0.717) is 5.30 Å². The molecule has 0 aromatic carbocycles. The fourth-order valence-electron chi connectivity index (χ4n) is 0.908. The van der Waals surface area contributed by atoms with Gasteiger partial charge in [0.2, 0.25) is 5.95 Å². The van der Waals surface area contributed by atoms with Gasteiger partial charge in [0.15, 0.2) is 0 Å². The Morgan fingerprint density at radius 1 is 1.58 bits per heavy atom. The SMILES string of the molecule is CP(C)(=O)c1ccnc(F)c1N.